The summed E-state index contributed by atoms with van der Waals surface area (Å²) in [5, 5.41) is 4.25. The minimum atomic E-state index is -0.324. The van der Waals surface area contributed by atoms with Gasteiger partial charge in [-0.25, -0.2) is 4.79 Å². The number of hydrogen-bond donors (Lipinski definition) is 0. The molecule has 0 saturated heterocycles. The van der Waals surface area contributed by atoms with E-state index in [2.05, 4.69) is 18.9 Å². The molecule has 0 atom stereocenters. The van der Waals surface area contributed by atoms with Crippen LogP contribution in [0.2, 0.25) is 0 Å². The molecule has 4 heteroatoms. The Labute approximate surface area is 89.2 Å². The first-order valence-corrected chi connectivity index (χ1v) is 5.30. The van der Waals surface area contributed by atoms with Gasteiger partial charge < -0.3 is 4.74 Å². The van der Waals surface area contributed by atoms with Gasteiger partial charge in [-0.3, -0.25) is 4.68 Å². The van der Waals surface area contributed by atoms with Crippen molar-refractivity contribution in [3.63, 3.8) is 0 Å². The first-order valence-electron chi connectivity index (χ1n) is 5.30. The Morgan fingerprint density at radius 1 is 1.67 bits per heavy atom. The summed E-state index contributed by atoms with van der Waals surface area (Å²) in [6.45, 7) is 7.42. The second-order valence-electron chi connectivity index (χ2n) is 4.49. The molecule has 0 amide bonds. The van der Waals surface area contributed by atoms with Gasteiger partial charge in [0.2, 0.25) is 0 Å². The molecule has 2 rings (SSSR count). The molecule has 0 aromatic carbocycles. The molecule has 0 saturated carbocycles. The Hall–Kier alpha value is -1.32. The van der Waals surface area contributed by atoms with Crippen molar-refractivity contribution in [2.24, 2.45) is 0 Å². The third-order valence-electron chi connectivity index (χ3n) is 2.91. The minimum Gasteiger partial charge on any atom is -0.461 e. The van der Waals surface area contributed by atoms with Crippen LogP contribution in [0.3, 0.4) is 0 Å². The second kappa shape index (κ2) is 3.36. The monoisotopic (exact) mass is 208 g/mol. The number of carbonyl (C=O) groups is 1. The van der Waals surface area contributed by atoms with E-state index in [1.807, 2.05) is 10.7 Å². The van der Waals surface area contributed by atoms with E-state index in [0.29, 0.717) is 12.3 Å². The smallest absolute Gasteiger partial charge is 0.358 e. The maximum atomic E-state index is 11.5. The summed E-state index contributed by atoms with van der Waals surface area (Å²) in [4.78, 5) is 11.5. The fourth-order valence-corrected chi connectivity index (χ4v) is 1.95. The van der Waals surface area contributed by atoms with Crippen molar-refractivity contribution in [1.29, 1.82) is 0 Å². The number of nitrogens with zero attached hydrogens (tertiary/aromatic N) is 2. The Kier molecular flexibility index (Phi) is 2.29. The summed E-state index contributed by atoms with van der Waals surface area (Å²) in [6.07, 6.45) is 1.08. The Morgan fingerprint density at radius 3 is 3.00 bits per heavy atom. The zero-order chi connectivity index (χ0) is 11.1. The lowest BCUT2D eigenvalue weighted by Gasteiger charge is -2.14. The predicted molar refractivity (Wildman–Crippen MR) is 55.8 cm³/mol. The van der Waals surface area contributed by atoms with Crippen molar-refractivity contribution in [1.82, 2.24) is 9.78 Å². The van der Waals surface area contributed by atoms with E-state index in [0.717, 1.165) is 18.7 Å². The molecule has 0 N–H and O–H groups in total. The van der Waals surface area contributed by atoms with Crippen molar-refractivity contribution in [2.75, 3.05) is 6.61 Å². The van der Waals surface area contributed by atoms with E-state index >= 15 is 0 Å². The van der Waals surface area contributed by atoms with Crippen LogP contribution in [0.25, 0.3) is 0 Å². The molecule has 0 bridgehead atoms. The Bertz CT molecular complexity index is 393. The normalized spacial score (nSPS) is 17.5. The quantitative estimate of drug-likeness (QED) is 0.695. The van der Waals surface area contributed by atoms with Crippen molar-refractivity contribution in [3.05, 3.63) is 17.5 Å². The molecule has 0 radical (unpaired) electrons. The molecule has 82 valence electrons. The van der Waals surface area contributed by atoms with Crippen molar-refractivity contribution in [3.8, 4) is 0 Å². The fraction of sp³-hybridized carbons (Fsp3) is 0.636. The lowest BCUT2D eigenvalue weighted by molar-refractivity contribution is 0.0518. The Morgan fingerprint density at radius 2 is 2.40 bits per heavy atom. The first-order chi connectivity index (χ1) is 7.04. The van der Waals surface area contributed by atoms with E-state index in [-0.39, 0.29) is 11.4 Å². The topological polar surface area (TPSA) is 44.1 Å². The van der Waals surface area contributed by atoms with Crippen LogP contribution in [-0.2, 0) is 16.7 Å². The van der Waals surface area contributed by atoms with Gasteiger partial charge in [-0.2, -0.15) is 5.10 Å². The molecule has 4 nitrogen and oxygen atoms in total. The number of rotatable bonds is 2. The Balaban J connectivity index is 2.29. The van der Waals surface area contributed by atoms with Gasteiger partial charge in [-0.1, -0.05) is 13.8 Å². The summed E-state index contributed by atoms with van der Waals surface area (Å²) in [5.41, 5.74) is 1.68. The van der Waals surface area contributed by atoms with E-state index in [4.69, 9.17) is 4.74 Å². The number of esters is 1. The van der Waals surface area contributed by atoms with Gasteiger partial charge in [0.1, 0.15) is 0 Å². The highest BCUT2D eigenvalue weighted by molar-refractivity contribution is 5.87. The standard InChI is InChI=1S/C11H16N2O2/c1-4-15-10(14)8-7-9-11(2,3)5-6-13(9)12-8/h7H,4-6H2,1-3H3. The van der Waals surface area contributed by atoms with Crippen LogP contribution >= 0.6 is 0 Å². The minimum absolute atomic E-state index is 0.123. The molecule has 2 heterocycles. The number of fused-ring (bicyclic) bond motifs is 1. The fourth-order valence-electron chi connectivity index (χ4n) is 1.95. The molecule has 0 spiro atoms. The third-order valence-corrected chi connectivity index (χ3v) is 2.91. The van der Waals surface area contributed by atoms with E-state index in [9.17, 15) is 4.79 Å². The maximum Gasteiger partial charge on any atom is 0.358 e. The zero-order valence-electron chi connectivity index (χ0n) is 9.41. The van der Waals surface area contributed by atoms with Crippen LogP contribution in [0.15, 0.2) is 6.07 Å². The molecule has 1 aliphatic rings. The van der Waals surface area contributed by atoms with Crippen molar-refractivity contribution < 1.29 is 9.53 Å². The highest BCUT2D eigenvalue weighted by atomic mass is 16.5. The number of carbonyl (C=O) groups excluding carboxylic acids is 1. The first kappa shape index (κ1) is 10.2. The number of aromatic nitrogens is 2. The maximum absolute atomic E-state index is 11.5. The predicted octanol–water partition coefficient (Wildman–Crippen LogP) is 1.74. The van der Waals surface area contributed by atoms with E-state index < -0.39 is 0 Å². The van der Waals surface area contributed by atoms with Gasteiger partial charge in [0.25, 0.3) is 0 Å². The van der Waals surface area contributed by atoms with Gasteiger partial charge in [0.05, 0.1) is 6.61 Å². The van der Waals surface area contributed by atoms with Gasteiger partial charge >= 0.3 is 5.97 Å². The van der Waals surface area contributed by atoms with Gasteiger partial charge in [0.15, 0.2) is 5.69 Å². The summed E-state index contributed by atoms with van der Waals surface area (Å²) < 4.78 is 6.83. The SMILES string of the molecule is CCOC(=O)c1cc2n(n1)CCC2(C)C. The summed E-state index contributed by atoms with van der Waals surface area (Å²) in [6, 6.07) is 1.85. The zero-order valence-corrected chi connectivity index (χ0v) is 9.41. The highest BCUT2D eigenvalue weighted by Crippen LogP contribution is 2.33. The highest BCUT2D eigenvalue weighted by Gasteiger charge is 2.32. The average Bonchev–Trinajstić information content (AvgIpc) is 2.68. The van der Waals surface area contributed by atoms with Gasteiger partial charge in [0, 0.05) is 17.7 Å². The van der Waals surface area contributed by atoms with Crippen LogP contribution in [0.1, 0.15) is 43.4 Å². The van der Waals surface area contributed by atoms with Crippen LogP contribution in [0.4, 0.5) is 0 Å². The number of hydrogen-bond acceptors (Lipinski definition) is 3. The molecule has 0 fully saturated rings. The molecule has 1 aromatic heterocycles. The molecule has 15 heavy (non-hydrogen) atoms. The number of ether oxygens (including phenoxy) is 1. The van der Waals surface area contributed by atoms with E-state index in [1.54, 1.807) is 6.92 Å². The van der Waals surface area contributed by atoms with Crippen LogP contribution < -0.4 is 0 Å². The molecular formula is C11H16N2O2. The summed E-state index contributed by atoms with van der Waals surface area (Å²) >= 11 is 0. The van der Waals surface area contributed by atoms with E-state index in [1.165, 1.54) is 0 Å². The van der Waals surface area contributed by atoms with Crippen molar-refractivity contribution in [2.45, 2.75) is 39.2 Å². The lowest BCUT2D eigenvalue weighted by atomic mass is 9.88. The summed E-state index contributed by atoms with van der Waals surface area (Å²) in [5.74, 6) is -0.324. The van der Waals surface area contributed by atoms with Crippen LogP contribution in [0, 0.1) is 0 Å². The summed E-state index contributed by atoms with van der Waals surface area (Å²) in [7, 11) is 0. The van der Waals surface area contributed by atoms with Crippen molar-refractivity contribution >= 4 is 5.97 Å². The molecule has 0 aliphatic carbocycles. The third kappa shape index (κ3) is 1.64. The molecule has 0 unspecified atom stereocenters. The van der Waals surface area contributed by atoms with Gasteiger partial charge in [-0.05, 0) is 19.4 Å². The lowest BCUT2D eigenvalue weighted by Crippen LogP contribution is -2.12. The molecular weight excluding hydrogens is 192 g/mol. The average molecular weight is 208 g/mol. The molecule has 1 aliphatic heterocycles. The number of aryl methyl sites for hydroxylation is 1. The largest absolute Gasteiger partial charge is 0.461 e. The second-order valence-corrected chi connectivity index (χ2v) is 4.49. The van der Waals surface area contributed by atoms with Crippen LogP contribution in [-0.4, -0.2) is 22.4 Å². The molecule has 1 aromatic rings. The van der Waals surface area contributed by atoms with Crippen LogP contribution in [0.5, 0.6) is 0 Å². The van der Waals surface area contributed by atoms with Gasteiger partial charge in [-0.15, -0.1) is 0 Å².